The summed E-state index contributed by atoms with van der Waals surface area (Å²) in [4.78, 5) is 27.9. The van der Waals surface area contributed by atoms with Crippen molar-refractivity contribution in [2.45, 2.75) is 45.5 Å². The molecule has 1 amide bonds. The smallest absolute Gasteiger partial charge is 0.419 e. The first-order valence-corrected chi connectivity index (χ1v) is 10.9. The van der Waals surface area contributed by atoms with Crippen molar-refractivity contribution >= 4 is 17.9 Å². The molecule has 3 rings (SSSR count). The largest absolute Gasteiger partial charge is 0.491 e. The average molecular weight is 483 g/mol. The molecule has 1 aliphatic rings. The van der Waals surface area contributed by atoms with Crippen LogP contribution in [0.5, 0.6) is 5.75 Å². The lowest BCUT2D eigenvalue weighted by Gasteiger charge is -2.35. The molecule has 12 heteroatoms. The highest BCUT2D eigenvalue weighted by atomic mass is 19.4. The van der Waals surface area contributed by atoms with Crippen LogP contribution in [0.3, 0.4) is 0 Å². The van der Waals surface area contributed by atoms with Gasteiger partial charge in [0.1, 0.15) is 23.8 Å². The van der Waals surface area contributed by atoms with Crippen molar-refractivity contribution < 1.29 is 27.4 Å². The zero-order valence-corrected chi connectivity index (χ0v) is 19.6. The van der Waals surface area contributed by atoms with Gasteiger partial charge < -0.3 is 24.6 Å². The number of carbonyl (C=O) groups is 1. The van der Waals surface area contributed by atoms with Gasteiger partial charge in [-0.05, 0) is 33.8 Å². The number of hydrogen-bond donors (Lipinski definition) is 1. The van der Waals surface area contributed by atoms with Crippen LogP contribution in [0.4, 0.5) is 29.7 Å². The van der Waals surface area contributed by atoms with E-state index >= 15 is 0 Å². The van der Waals surface area contributed by atoms with Crippen LogP contribution in [0.15, 0.2) is 30.7 Å². The van der Waals surface area contributed by atoms with Gasteiger partial charge in [0.25, 0.3) is 0 Å². The fraction of sp³-hybridized carbons (Fsp3) is 0.545. The minimum absolute atomic E-state index is 0.252. The van der Waals surface area contributed by atoms with Gasteiger partial charge in [-0.15, -0.1) is 0 Å². The third kappa shape index (κ3) is 7.35. The Labute approximate surface area is 196 Å². The summed E-state index contributed by atoms with van der Waals surface area (Å²) in [7, 11) is 0. The van der Waals surface area contributed by atoms with Crippen LogP contribution < -0.4 is 19.9 Å². The Morgan fingerprint density at radius 2 is 1.71 bits per heavy atom. The lowest BCUT2D eigenvalue weighted by molar-refractivity contribution is -0.138. The van der Waals surface area contributed by atoms with Gasteiger partial charge in [0.15, 0.2) is 0 Å². The van der Waals surface area contributed by atoms with Crippen LogP contribution in [0.2, 0.25) is 0 Å². The van der Waals surface area contributed by atoms with Gasteiger partial charge in [-0.3, -0.25) is 0 Å². The van der Waals surface area contributed by atoms with E-state index in [1.165, 1.54) is 0 Å². The molecule has 1 unspecified atom stereocenters. The van der Waals surface area contributed by atoms with E-state index in [2.05, 4.69) is 25.2 Å². The summed E-state index contributed by atoms with van der Waals surface area (Å²) in [5, 5.41) is 2.72. The van der Waals surface area contributed by atoms with E-state index in [4.69, 9.17) is 9.47 Å². The molecular formula is C22H29F3N6O3. The summed E-state index contributed by atoms with van der Waals surface area (Å²) in [5.74, 6) is 1.60. The zero-order valence-electron chi connectivity index (χ0n) is 19.6. The number of aromatic nitrogens is 3. The minimum atomic E-state index is -4.46. The van der Waals surface area contributed by atoms with E-state index in [0.29, 0.717) is 31.9 Å². The van der Waals surface area contributed by atoms with Crippen molar-refractivity contribution in [3.63, 3.8) is 0 Å². The third-order valence-corrected chi connectivity index (χ3v) is 4.83. The summed E-state index contributed by atoms with van der Waals surface area (Å²) >= 11 is 0. The Morgan fingerprint density at radius 1 is 1.09 bits per heavy atom. The zero-order chi connectivity index (χ0) is 24.9. The van der Waals surface area contributed by atoms with Crippen molar-refractivity contribution in [3.8, 4) is 5.75 Å². The van der Waals surface area contributed by atoms with Crippen molar-refractivity contribution in [2.75, 3.05) is 42.6 Å². The number of carbonyl (C=O) groups excluding carboxylic acids is 1. The van der Waals surface area contributed by atoms with Crippen LogP contribution in [0.25, 0.3) is 0 Å². The molecule has 0 spiro atoms. The molecule has 2 aromatic rings. The maximum absolute atomic E-state index is 12.7. The van der Waals surface area contributed by atoms with Crippen LogP contribution >= 0.6 is 0 Å². The minimum Gasteiger partial charge on any atom is -0.491 e. The highest BCUT2D eigenvalue weighted by Crippen LogP contribution is 2.28. The molecule has 9 nitrogen and oxygen atoms in total. The first kappa shape index (κ1) is 25.3. The maximum atomic E-state index is 12.7. The molecule has 34 heavy (non-hydrogen) atoms. The summed E-state index contributed by atoms with van der Waals surface area (Å²) in [6, 6.07) is 3.28. The van der Waals surface area contributed by atoms with Gasteiger partial charge >= 0.3 is 12.3 Å². The second-order valence-electron chi connectivity index (χ2n) is 8.95. The molecule has 1 N–H and O–H groups in total. The number of ether oxygens (including phenoxy) is 2. The molecule has 3 heterocycles. The van der Waals surface area contributed by atoms with Gasteiger partial charge in [0.2, 0.25) is 5.95 Å². The normalized spacial score (nSPS) is 15.6. The lowest BCUT2D eigenvalue weighted by Crippen LogP contribution is -2.47. The van der Waals surface area contributed by atoms with Crippen LogP contribution in [0, 0.1) is 0 Å². The number of alkyl carbamates (subject to hydrolysis) is 1. The second-order valence-corrected chi connectivity index (χ2v) is 8.95. The Morgan fingerprint density at radius 3 is 2.29 bits per heavy atom. The van der Waals surface area contributed by atoms with Gasteiger partial charge in [-0.1, -0.05) is 0 Å². The van der Waals surface area contributed by atoms with Crippen LogP contribution in [0.1, 0.15) is 33.3 Å². The molecule has 0 aliphatic carbocycles. The van der Waals surface area contributed by atoms with Crippen LogP contribution in [-0.4, -0.2) is 65.5 Å². The van der Waals surface area contributed by atoms with E-state index in [-0.39, 0.29) is 18.6 Å². The molecule has 1 aliphatic heterocycles. The van der Waals surface area contributed by atoms with Crippen LogP contribution in [-0.2, 0) is 10.9 Å². The number of alkyl halides is 3. The number of pyridine rings is 1. The number of hydrogen-bond acceptors (Lipinski definition) is 8. The fourth-order valence-electron chi connectivity index (χ4n) is 3.20. The average Bonchev–Trinajstić information content (AvgIpc) is 2.76. The summed E-state index contributed by atoms with van der Waals surface area (Å²) in [5.41, 5.74) is -1.45. The third-order valence-electron chi connectivity index (χ3n) is 4.83. The molecule has 0 saturated carbocycles. The monoisotopic (exact) mass is 482 g/mol. The van der Waals surface area contributed by atoms with Crippen molar-refractivity contribution in [3.05, 3.63) is 36.3 Å². The van der Waals surface area contributed by atoms with E-state index < -0.39 is 23.4 Å². The number of amides is 1. The molecule has 0 radical (unpaired) electrons. The summed E-state index contributed by atoms with van der Waals surface area (Å²) in [6.07, 6.45) is -1.72. The van der Waals surface area contributed by atoms with Crippen molar-refractivity contribution in [2.24, 2.45) is 0 Å². The number of piperazine rings is 1. The summed E-state index contributed by atoms with van der Waals surface area (Å²) < 4.78 is 49.2. The predicted molar refractivity (Wildman–Crippen MR) is 120 cm³/mol. The number of halogens is 3. The molecule has 186 valence electrons. The Bertz CT molecular complexity index is 958. The highest BCUT2D eigenvalue weighted by Gasteiger charge is 2.32. The highest BCUT2D eigenvalue weighted by molar-refractivity contribution is 5.68. The molecule has 0 bridgehead atoms. The van der Waals surface area contributed by atoms with Gasteiger partial charge in [0, 0.05) is 50.8 Å². The lowest BCUT2D eigenvalue weighted by atomic mass is 10.2. The molecule has 2 aromatic heterocycles. The molecule has 1 fully saturated rings. The predicted octanol–water partition coefficient (Wildman–Crippen LogP) is 3.51. The summed E-state index contributed by atoms with van der Waals surface area (Å²) in [6.45, 7) is 9.71. The SMILES string of the molecule is CC(COc1ccnc(N2CCN(c3ncc(C(F)(F)F)cn3)CC2)c1)NC(=O)OC(C)(C)C. The molecular weight excluding hydrogens is 453 g/mol. The first-order chi connectivity index (χ1) is 15.9. The fourth-order valence-corrected chi connectivity index (χ4v) is 3.20. The molecule has 1 saturated heterocycles. The quantitative estimate of drug-likeness (QED) is 0.669. The van der Waals surface area contributed by atoms with Gasteiger partial charge in [-0.2, -0.15) is 13.2 Å². The number of anilines is 2. The van der Waals surface area contributed by atoms with Crippen molar-refractivity contribution in [1.82, 2.24) is 20.3 Å². The number of nitrogens with zero attached hydrogens (tertiary/aromatic N) is 5. The Balaban J connectivity index is 1.50. The maximum Gasteiger partial charge on any atom is 0.419 e. The van der Waals surface area contributed by atoms with E-state index in [1.807, 2.05) is 17.9 Å². The van der Waals surface area contributed by atoms with Gasteiger partial charge in [0.05, 0.1) is 11.6 Å². The Kier molecular flexibility index (Phi) is 7.68. The molecule has 1 atom stereocenters. The Hall–Kier alpha value is -3.31. The molecule has 0 aromatic carbocycles. The van der Waals surface area contributed by atoms with Gasteiger partial charge in [-0.25, -0.2) is 19.7 Å². The van der Waals surface area contributed by atoms with E-state index in [9.17, 15) is 18.0 Å². The number of rotatable bonds is 6. The topological polar surface area (TPSA) is 92.7 Å². The van der Waals surface area contributed by atoms with Crippen molar-refractivity contribution in [1.29, 1.82) is 0 Å². The number of nitrogens with one attached hydrogen (secondary N) is 1. The second kappa shape index (κ2) is 10.3. The standard InChI is InChI=1S/C22H29F3N6O3/c1-15(29-20(32)34-21(2,3)4)14-33-17-5-6-26-18(11-17)30-7-9-31(10-8-30)19-27-12-16(13-28-19)22(23,24)25/h5-6,11-13,15H,7-10,14H2,1-4H3,(H,29,32). The van der Waals surface area contributed by atoms with E-state index in [0.717, 1.165) is 18.2 Å². The first-order valence-electron chi connectivity index (χ1n) is 10.9. The van der Waals surface area contributed by atoms with E-state index in [1.54, 1.807) is 33.0 Å².